The van der Waals surface area contributed by atoms with Gasteiger partial charge in [0.15, 0.2) is 16.4 Å². The molecule has 2 aliphatic rings. The van der Waals surface area contributed by atoms with E-state index in [0.29, 0.717) is 23.4 Å². The fourth-order valence-corrected chi connectivity index (χ4v) is 7.19. The average molecular weight is 580 g/mol. The molecule has 1 saturated carbocycles. The third-order valence-electron chi connectivity index (χ3n) is 6.87. The molecule has 1 heterocycles. The van der Waals surface area contributed by atoms with Crippen LogP contribution in [0.15, 0.2) is 47.4 Å². The van der Waals surface area contributed by atoms with Gasteiger partial charge < -0.3 is 14.7 Å². The van der Waals surface area contributed by atoms with Crippen molar-refractivity contribution in [1.29, 1.82) is 0 Å². The number of benzene rings is 2. The first-order valence-corrected chi connectivity index (χ1v) is 13.6. The van der Waals surface area contributed by atoms with Crippen LogP contribution < -0.4 is 4.74 Å². The molecule has 2 aromatic rings. The number of hydrogen-bond donors (Lipinski definition) is 1. The first-order valence-electron chi connectivity index (χ1n) is 11.3. The molecule has 4 rings (SSSR count). The lowest BCUT2D eigenvalue weighted by Gasteiger charge is -2.44. The maximum Gasteiger partial charge on any atom is 0.422 e. The van der Waals surface area contributed by atoms with Gasteiger partial charge in [0, 0.05) is 17.6 Å². The molecule has 200 valence electrons. The highest BCUT2D eigenvalue weighted by Crippen LogP contribution is 2.47. The molecule has 2 aromatic carbocycles. The van der Waals surface area contributed by atoms with Crippen LogP contribution in [0.4, 0.5) is 13.2 Å². The molecule has 2 atom stereocenters. The number of carbonyl (C=O) groups is 2. The van der Waals surface area contributed by atoms with Crippen LogP contribution in [-0.4, -0.2) is 60.9 Å². The Hall–Kier alpha value is -2.50. The summed E-state index contributed by atoms with van der Waals surface area (Å²) in [4.78, 5) is 26.5. The molecule has 1 N–H and O–H groups in total. The molecule has 0 unspecified atom stereocenters. The molecule has 1 aliphatic heterocycles. The predicted molar refractivity (Wildman–Crippen MR) is 129 cm³/mol. The summed E-state index contributed by atoms with van der Waals surface area (Å²) in [6.45, 7) is -1.94. The van der Waals surface area contributed by atoms with E-state index in [1.807, 2.05) is 0 Å². The van der Waals surface area contributed by atoms with Gasteiger partial charge in [-0.05, 0) is 49.1 Å². The molecule has 1 saturated heterocycles. The van der Waals surface area contributed by atoms with Crippen LogP contribution in [0.3, 0.4) is 0 Å². The molecule has 1 aliphatic carbocycles. The Labute approximate surface area is 221 Å². The lowest BCUT2D eigenvalue weighted by Crippen LogP contribution is -2.54. The van der Waals surface area contributed by atoms with Crippen molar-refractivity contribution in [1.82, 2.24) is 4.90 Å². The third-order valence-corrected chi connectivity index (χ3v) is 9.74. The Morgan fingerprint density at radius 1 is 1.11 bits per heavy atom. The molecule has 1 amide bonds. The average Bonchev–Trinajstić information content (AvgIpc) is 3.24. The Morgan fingerprint density at radius 3 is 2.27 bits per heavy atom. The van der Waals surface area contributed by atoms with E-state index in [2.05, 4.69) is 4.74 Å². The molecule has 7 nitrogen and oxygen atoms in total. The minimum Gasteiger partial charge on any atom is -0.484 e. The number of nitrogens with zero attached hydrogens (tertiary/aromatic N) is 1. The minimum absolute atomic E-state index is 0.275. The summed E-state index contributed by atoms with van der Waals surface area (Å²) in [5.41, 5.74) is -0.285. The van der Waals surface area contributed by atoms with Crippen molar-refractivity contribution in [3.8, 4) is 5.75 Å². The maximum absolute atomic E-state index is 13.7. The molecule has 0 radical (unpaired) electrons. The SMILES string of the molecule is O=C(O)[C@@H]1C[C@@H](S(=O)(=O)c2ccc(OCC(F)(F)F)cc2Cl)CN1C(=O)C1(c2ccc(Cl)cc2)CCC1. The lowest BCUT2D eigenvalue weighted by molar-refractivity contribution is -0.153. The van der Waals surface area contributed by atoms with E-state index in [9.17, 15) is 36.3 Å². The second kappa shape index (κ2) is 9.99. The van der Waals surface area contributed by atoms with Crippen LogP contribution in [0.2, 0.25) is 10.0 Å². The Morgan fingerprint density at radius 2 is 1.76 bits per heavy atom. The van der Waals surface area contributed by atoms with Gasteiger partial charge in [-0.15, -0.1) is 0 Å². The molecular weight excluding hydrogens is 558 g/mol. The number of likely N-dealkylation sites (tertiary alicyclic amines) is 1. The van der Waals surface area contributed by atoms with E-state index in [4.69, 9.17) is 23.2 Å². The van der Waals surface area contributed by atoms with Crippen LogP contribution in [-0.2, 0) is 24.8 Å². The molecule has 0 spiro atoms. The molecule has 13 heteroatoms. The highest BCUT2D eigenvalue weighted by Gasteiger charge is 2.54. The summed E-state index contributed by atoms with van der Waals surface area (Å²) < 4.78 is 68.7. The van der Waals surface area contributed by atoms with E-state index in [1.54, 1.807) is 24.3 Å². The van der Waals surface area contributed by atoms with Crippen LogP contribution in [0.1, 0.15) is 31.2 Å². The van der Waals surface area contributed by atoms with Crippen LogP contribution in [0.5, 0.6) is 5.75 Å². The molecule has 2 fully saturated rings. The normalized spacial score (nSPS) is 21.4. The zero-order valence-electron chi connectivity index (χ0n) is 19.2. The largest absolute Gasteiger partial charge is 0.484 e. The summed E-state index contributed by atoms with van der Waals surface area (Å²) in [5, 5.41) is 8.66. The zero-order chi connectivity index (χ0) is 27.2. The van der Waals surface area contributed by atoms with Crippen LogP contribution >= 0.6 is 23.2 Å². The van der Waals surface area contributed by atoms with Crippen LogP contribution in [0.25, 0.3) is 0 Å². The van der Waals surface area contributed by atoms with Gasteiger partial charge in [-0.3, -0.25) is 4.79 Å². The number of ether oxygens (including phenoxy) is 1. The lowest BCUT2D eigenvalue weighted by atomic mass is 9.63. The smallest absolute Gasteiger partial charge is 0.422 e. The number of carbonyl (C=O) groups excluding carboxylic acids is 1. The second-order valence-electron chi connectivity index (χ2n) is 9.15. The maximum atomic E-state index is 13.7. The monoisotopic (exact) mass is 579 g/mol. The van der Waals surface area contributed by atoms with E-state index in [0.717, 1.165) is 29.5 Å². The molecule has 37 heavy (non-hydrogen) atoms. The topological polar surface area (TPSA) is 101 Å². The number of sulfone groups is 1. The number of hydrogen-bond acceptors (Lipinski definition) is 5. The number of halogens is 5. The molecular formula is C24H22Cl2F3NO6S. The molecule has 0 bridgehead atoms. The number of aliphatic carboxylic acids is 1. The van der Waals surface area contributed by atoms with Crippen LogP contribution in [0, 0.1) is 0 Å². The summed E-state index contributed by atoms with van der Waals surface area (Å²) in [6.07, 6.45) is -3.23. The fraction of sp³-hybridized carbons (Fsp3) is 0.417. The van der Waals surface area contributed by atoms with Crippen molar-refractivity contribution < 1.29 is 41.0 Å². The van der Waals surface area contributed by atoms with Gasteiger partial charge in [0.2, 0.25) is 5.91 Å². The zero-order valence-corrected chi connectivity index (χ0v) is 21.5. The summed E-state index contributed by atoms with van der Waals surface area (Å²) >= 11 is 12.1. The third kappa shape index (κ3) is 5.39. The Balaban J connectivity index is 1.60. The number of rotatable bonds is 7. The van der Waals surface area contributed by atoms with Crippen molar-refractivity contribution in [3.05, 3.63) is 58.1 Å². The highest BCUT2D eigenvalue weighted by atomic mass is 35.5. The second-order valence-corrected chi connectivity index (χ2v) is 12.2. The minimum atomic E-state index is -4.59. The first kappa shape index (κ1) is 27.5. The van der Waals surface area contributed by atoms with Crippen molar-refractivity contribution in [2.45, 2.75) is 53.5 Å². The van der Waals surface area contributed by atoms with E-state index < -0.39 is 51.2 Å². The van der Waals surface area contributed by atoms with Crippen molar-refractivity contribution in [2.75, 3.05) is 13.2 Å². The van der Waals surface area contributed by atoms with E-state index >= 15 is 0 Å². The van der Waals surface area contributed by atoms with E-state index in [-0.39, 0.29) is 28.6 Å². The van der Waals surface area contributed by atoms with Crippen molar-refractivity contribution >= 4 is 44.9 Å². The van der Waals surface area contributed by atoms with Crippen molar-refractivity contribution in [3.63, 3.8) is 0 Å². The van der Waals surface area contributed by atoms with Gasteiger partial charge in [-0.25, -0.2) is 13.2 Å². The quantitative estimate of drug-likeness (QED) is 0.501. The van der Waals surface area contributed by atoms with Crippen molar-refractivity contribution in [2.24, 2.45) is 0 Å². The number of carboxylic acid groups (broad SMARTS) is 1. The molecule has 0 aromatic heterocycles. The number of amides is 1. The number of alkyl halides is 3. The van der Waals surface area contributed by atoms with Gasteiger partial charge in [-0.1, -0.05) is 41.8 Å². The fourth-order valence-electron chi connectivity index (χ4n) is 4.83. The highest BCUT2D eigenvalue weighted by molar-refractivity contribution is 7.92. The van der Waals surface area contributed by atoms with Gasteiger partial charge in [0.1, 0.15) is 11.8 Å². The summed E-state index contributed by atoms with van der Waals surface area (Å²) in [5.74, 6) is -2.07. The summed E-state index contributed by atoms with van der Waals surface area (Å²) in [7, 11) is -4.25. The predicted octanol–water partition coefficient (Wildman–Crippen LogP) is 4.88. The van der Waals surface area contributed by atoms with Gasteiger partial charge in [-0.2, -0.15) is 13.2 Å². The van der Waals surface area contributed by atoms with Gasteiger partial charge >= 0.3 is 12.1 Å². The Bertz CT molecular complexity index is 1310. The van der Waals surface area contributed by atoms with E-state index in [1.165, 1.54) is 0 Å². The van der Waals surface area contributed by atoms with Gasteiger partial charge in [0.25, 0.3) is 0 Å². The summed E-state index contributed by atoms with van der Waals surface area (Å²) in [6, 6.07) is 8.34. The van der Waals surface area contributed by atoms with Gasteiger partial charge in [0.05, 0.1) is 20.6 Å². The first-order chi connectivity index (χ1) is 17.2. The Kier molecular flexibility index (Phi) is 7.44. The standard InChI is InChI=1S/C24H22Cl2F3NO6S/c25-15-4-2-14(3-5-15)23(8-1-9-23)22(33)30-12-17(11-19(30)21(31)32)37(34,35)20-7-6-16(10-18(20)26)36-13-24(27,28)29/h2-7,10,17,19H,1,8-9,11-13H2,(H,31,32)/t17-,19+/m1/s1. The number of carboxylic acids is 1.